The van der Waals surface area contributed by atoms with Gasteiger partial charge in [0.1, 0.15) is 0 Å². The summed E-state index contributed by atoms with van der Waals surface area (Å²) in [7, 11) is 9.36. The number of rotatable bonds is 5. The van der Waals surface area contributed by atoms with E-state index < -0.39 is 0 Å². The lowest BCUT2D eigenvalue weighted by atomic mass is 10.1. The topological polar surface area (TPSA) is 0 Å². The highest BCUT2D eigenvalue weighted by molar-refractivity contribution is 8.96. The fourth-order valence-corrected chi connectivity index (χ4v) is 8.28. The Morgan fingerprint density at radius 2 is 1.50 bits per heavy atom. The molecule has 0 amide bonds. The van der Waals surface area contributed by atoms with E-state index >= 15 is 0 Å². The minimum absolute atomic E-state index is 0.922. The van der Waals surface area contributed by atoms with Gasteiger partial charge in [-0.05, 0) is 38.6 Å². The van der Waals surface area contributed by atoms with Gasteiger partial charge in [0.15, 0.2) is 0 Å². The first-order valence-electron chi connectivity index (χ1n) is 6.05. The first-order chi connectivity index (χ1) is 7.86. The van der Waals surface area contributed by atoms with E-state index in [1.807, 2.05) is 10.8 Å². The molecule has 96 valence electrons. The zero-order valence-corrected chi connectivity index (χ0v) is 14.5. The summed E-state index contributed by atoms with van der Waals surface area (Å²) in [4.78, 5) is 0. The maximum atomic E-state index is 2.29. The Balaban J connectivity index is 2.31. The molecule has 0 aromatic rings. The summed E-state index contributed by atoms with van der Waals surface area (Å²) >= 11 is 0. The molecule has 5 heteroatoms. The third-order valence-corrected chi connectivity index (χ3v) is 10.2. The third kappa shape index (κ3) is 7.31. The summed E-state index contributed by atoms with van der Waals surface area (Å²) in [6.45, 7) is 2.29. The molecule has 1 saturated carbocycles. The van der Waals surface area contributed by atoms with Crippen molar-refractivity contribution in [2.45, 2.75) is 55.4 Å². The zero-order chi connectivity index (χ0) is 11.6. The Bertz CT molecular complexity index is 168. The van der Waals surface area contributed by atoms with E-state index in [1.165, 1.54) is 44.9 Å². The fraction of sp³-hybridized carbons (Fsp3) is 1.00. The van der Waals surface area contributed by atoms with Crippen LogP contribution in [0.25, 0.3) is 0 Å². The van der Waals surface area contributed by atoms with E-state index in [0.717, 1.165) is 18.3 Å². The maximum Gasteiger partial charge on any atom is 0.0155 e. The van der Waals surface area contributed by atoms with Gasteiger partial charge in [-0.25, -0.2) is 0 Å². The molecular weight excluding hydrogens is 291 g/mol. The molecule has 0 saturated heterocycles. The fourth-order valence-electron chi connectivity index (χ4n) is 2.03. The Hall–Kier alpha value is 1.83. The van der Waals surface area contributed by atoms with Crippen LogP contribution in [0.5, 0.6) is 0 Å². The van der Waals surface area contributed by atoms with Gasteiger partial charge in [0.05, 0.1) is 0 Å². The maximum absolute atomic E-state index is 2.29. The highest BCUT2D eigenvalue weighted by Crippen LogP contribution is 2.44. The van der Waals surface area contributed by atoms with Crippen molar-refractivity contribution < 1.29 is 0 Å². The van der Waals surface area contributed by atoms with E-state index in [-0.39, 0.29) is 0 Å². The van der Waals surface area contributed by atoms with Gasteiger partial charge in [0.2, 0.25) is 0 Å². The molecule has 0 radical (unpaired) electrons. The van der Waals surface area contributed by atoms with Crippen LogP contribution in [0.3, 0.4) is 0 Å². The van der Waals surface area contributed by atoms with Crippen molar-refractivity contribution in [1.29, 1.82) is 0 Å². The summed E-state index contributed by atoms with van der Waals surface area (Å²) in [5.74, 6) is 0. The van der Waals surface area contributed by atoms with Crippen molar-refractivity contribution in [3.05, 3.63) is 0 Å². The monoisotopic (exact) mass is 314 g/mol. The van der Waals surface area contributed by atoms with Crippen molar-refractivity contribution in [2.75, 3.05) is 12.9 Å². The van der Waals surface area contributed by atoms with Crippen LogP contribution in [-0.2, 0) is 0 Å². The second-order valence-electron chi connectivity index (χ2n) is 4.11. The molecule has 1 aliphatic rings. The van der Waals surface area contributed by atoms with Crippen LogP contribution in [0.1, 0.15) is 44.9 Å². The van der Waals surface area contributed by atoms with Crippen molar-refractivity contribution in [2.24, 2.45) is 0 Å². The van der Waals surface area contributed by atoms with Crippen LogP contribution < -0.4 is 0 Å². The molecule has 1 aliphatic carbocycles. The lowest BCUT2D eigenvalue weighted by Gasteiger charge is -2.17. The first-order valence-corrected chi connectivity index (χ1v) is 13.1. The minimum atomic E-state index is 0.922. The average Bonchev–Trinajstić information content (AvgIpc) is 2.40. The van der Waals surface area contributed by atoms with Gasteiger partial charge in [0, 0.05) is 10.5 Å². The largest absolute Gasteiger partial charge is 0.0973 e. The number of hydrogen-bond acceptors (Lipinski definition) is 4. The molecule has 0 aromatic carbocycles. The van der Waals surface area contributed by atoms with Crippen molar-refractivity contribution in [3.8, 4) is 0 Å². The number of hydrogen-bond donors (Lipinski definition) is 0. The van der Waals surface area contributed by atoms with Crippen molar-refractivity contribution in [1.82, 2.24) is 0 Å². The van der Waals surface area contributed by atoms with Gasteiger partial charge in [0.25, 0.3) is 0 Å². The predicted molar refractivity (Wildman–Crippen MR) is 90.4 cm³/mol. The molecule has 0 nitrogen and oxygen atoms in total. The van der Waals surface area contributed by atoms with E-state index in [1.54, 1.807) is 0 Å². The smallest absolute Gasteiger partial charge is 0.0155 e. The molecule has 0 heterocycles. The van der Waals surface area contributed by atoms with Crippen LogP contribution in [0.15, 0.2) is 0 Å². The van der Waals surface area contributed by atoms with Gasteiger partial charge in [-0.1, -0.05) is 69.8 Å². The molecule has 2 unspecified atom stereocenters. The summed E-state index contributed by atoms with van der Waals surface area (Å²) in [5, 5.41) is 1.85. The van der Waals surface area contributed by atoms with Gasteiger partial charge in [-0.15, -0.1) is 0 Å². The lowest BCUT2D eigenvalue weighted by Crippen LogP contribution is -2.05. The van der Waals surface area contributed by atoms with E-state index in [2.05, 4.69) is 44.9 Å². The molecule has 0 aliphatic heterocycles. The van der Waals surface area contributed by atoms with Gasteiger partial charge in [-0.2, -0.15) is 0 Å². The highest BCUT2D eigenvalue weighted by atomic mass is 33.3. The lowest BCUT2D eigenvalue weighted by molar-refractivity contribution is 0.633. The van der Waals surface area contributed by atoms with Gasteiger partial charge < -0.3 is 0 Å². The van der Waals surface area contributed by atoms with Crippen LogP contribution >= 0.6 is 50.6 Å². The Labute approximate surface area is 118 Å². The van der Waals surface area contributed by atoms with Crippen LogP contribution in [0, 0.1) is 0 Å². The van der Waals surface area contributed by atoms with Crippen molar-refractivity contribution >= 4 is 50.6 Å². The third-order valence-electron chi connectivity index (χ3n) is 2.86. The quantitative estimate of drug-likeness (QED) is 0.445. The molecule has 1 fully saturated rings. The standard InChI is InChI=1S/C11H23PS4/c1-12-16-15-11-7-5-3-4-6-10(8-9-11)14-13-2/h10-12H,3-9H2,1-2H3/t10-,11?/m0/s1. The van der Waals surface area contributed by atoms with Crippen molar-refractivity contribution in [3.63, 3.8) is 0 Å². The molecule has 16 heavy (non-hydrogen) atoms. The molecule has 0 spiro atoms. The van der Waals surface area contributed by atoms with Crippen LogP contribution in [0.2, 0.25) is 0 Å². The Morgan fingerprint density at radius 3 is 2.06 bits per heavy atom. The summed E-state index contributed by atoms with van der Waals surface area (Å²) in [5.41, 5.74) is 0. The van der Waals surface area contributed by atoms with Gasteiger partial charge >= 0.3 is 0 Å². The first kappa shape index (κ1) is 15.9. The SMILES string of the molecule is CPSSC1CCCCC[C@H](SSC)CC1. The summed E-state index contributed by atoms with van der Waals surface area (Å²) in [6.07, 6.45) is 12.4. The average molecular weight is 315 g/mol. The van der Waals surface area contributed by atoms with Crippen LogP contribution in [-0.4, -0.2) is 23.4 Å². The molecule has 1 rings (SSSR count). The summed E-state index contributed by atoms with van der Waals surface area (Å²) in [6, 6.07) is 0. The summed E-state index contributed by atoms with van der Waals surface area (Å²) < 4.78 is 0. The van der Waals surface area contributed by atoms with Gasteiger partial charge in [-0.3, -0.25) is 0 Å². The van der Waals surface area contributed by atoms with E-state index in [4.69, 9.17) is 0 Å². The molecule has 0 N–H and O–H groups in total. The normalized spacial score (nSPS) is 28.9. The molecule has 0 aromatic heterocycles. The highest BCUT2D eigenvalue weighted by Gasteiger charge is 2.16. The molecule has 3 atom stereocenters. The van der Waals surface area contributed by atoms with Crippen LogP contribution in [0.4, 0.5) is 0 Å². The van der Waals surface area contributed by atoms with E-state index in [0.29, 0.717) is 0 Å². The van der Waals surface area contributed by atoms with E-state index in [9.17, 15) is 0 Å². The Morgan fingerprint density at radius 1 is 0.875 bits per heavy atom. The Kier molecular flexibility index (Phi) is 10.6. The second kappa shape index (κ2) is 10.7. The zero-order valence-electron chi connectivity index (χ0n) is 10.2. The molecular formula is C11H23PS4. The minimum Gasteiger partial charge on any atom is -0.0973 e. The second-order valence-corrected chi connectivity index (χ2v) is 12.1. The predicted octanol–water partition coefficient (Wildman–Crippen LogP) is 6.08. The molecule has 0 bridgehead atoms.